The third kappa shape index (κ3) is 5.30. The molecule has 50 heavy (non-hydrogen) atoms. The number of fused-ring (bicyclic) bond motifs is 1. The Labute approximate surface area is 296 Å². The molecule has 4 heterocycles. The van der Waals surface area contributed by atoms with Gasteiger partial charge in [0.25, 0.3) is 11.8 Å². The second-order valence-electron chi connectivity index (χ2n) is 13.2. The molecule has 2 fully saturated rings. The molecule has 0 spiro atoms. The van der Waals surface area contributed by atoms with E-state index >= 15 is 0 Å². The third-order valence-electron chi connectivity index (χ3n) is 9.73. The van der Waals surface area contributed by atoms with Crippen LogP contribution in [-0.4, -0.2) is 43.0 Å². The zero-order valence-electron chi connectivity index (χ0n) is 26.6. The normalized spacial score (nSPS) is 19.4. The second-order valence-corrected chi connectivity index (χ2v) is 14.1. The molecule has 2 aliphatic carbocycles. The smallest absolute Gasteiger partial charge is 0.270 e. The van der Waals surface area contributed by atoms with Crippen LogP contribution in [-0.2, 0) is 27.1 Å². The maximum absolute atomic E-state index is 14.4. The number of halogens is 2. The molecule has 250 valence electrons. The number of amides is 3. The van der Waals surface area contributed by atoms with Crippen LogP contribution in [0.2, 0.25) is 10.0 Å². The van der Waals surface area contributed by atoms with Gasteiger partial charge in [-0.2, -0.15) is 5.26 Å². The Morgan fingerprint density at radius 1 is 0.940 bits per heavy atom. The molecule has 3 aromatic heterocycles. The van der Waals surface area contributed by atoms with Gasteiger partial charge < -0.3 is 15.2 Å². The predicted octanol–water partition coefficient (Wildman–Crippen LogP) is 5.82. The molecule has 14 heteroatoms. The first kappa shape index (κ1) is 31.7. The first-order valence-electron chi connectivity index (χ1n) is 15.9. The van der Waals surface area contributed by atoms with Gasteiger partial charge in [-0.15, -0.1) is 0 Å². The van der Waals surface area contributed by atoms with E-state index in [1.807, 2.05) is 12.1 Å². The van der Waals surface area contributed by atoms with Gasteiger partial charge in [0.15, 0.2) is 0 Å². The minimum Gasteiger partial charge on any atom is -0.364 e. The fraction of sp³-hybridized carbons (Fsp3) is 0.250. The second kappa shape index (κ2) is 11.5. The molecule has 3 aliphatic rings. The van der Waals surface area contributed by atoms with Gasteiger partial charge in [0, 0.05) is 33.8 Å². The number of nitrogens with one attached hydrogen (secondary N) is 2. The van der Waals surface area contributed by atoms with Crippen molar-refractivity contribution in [3.63, 3.8) is 0 Å². The minimum atomic E-state index is -1.32. The Morgan fingerprint density at radius 3 is 2.28 bits per heavy atom. The summed E-state index contributed by atoms with van der Waals surface area (Å²) in [4.78, 5) is 52.9. The Hall–Kier alpha value is -5.51. The number of carbonyl (C=O) groups excluding carboxylic acids is 3. The quantitative estimate of drug-likeness (QED) is 0.194. The number of nitriles is 1. The first-order valence-corrected chi connectivity index (χ1v) is 16.7. The number of anilines is 2. The van der Waals surface area contributed by atoms with Crippen molar-refractivity contribution >= 4 is 52.6 Å². The lowest BCUT2D eigenvalue weighted by Gasteiger charge is -2.27. The first-order chi connectivity index (χ1) is 24.0. The zero-order chi connectivity index (χ0) is 34.8. The summed E-state index contributed by atoms with van der Waals surface area (Å²) in [5, 5.41) is 19.8. The highest BCUT2D eigenvalue weighted by atomic mass is 35.5. The van der Waals surface area contributed by atoms with E-state index in [9.17, 15) is 19.6 Å². The summed E-state index contributed by atoms with van der Waals surface area (Å²) in [6, 6.07) is 17.6. The average molecular weight is 708 g/mol. The number of pyridine rings is 1. The lowest BCUT2D eigenvalue weighted by atomic mass is 9.91. The maximum Gasteiger partial charge on any atom is 0.270 e. The molecule has 2 saturated carbocycles. The van der Waals surface area contributed by atoms with E-state index in [-0.39, 0.29) is 29.9 Å². The lowest BCUT2D eigenvalue weighted by molar-refractivity contribution is -0.125. The minimum absolute atomic E-state index is 0.117. The van der Waals surface area contributed by atoms with Crippen molar-refractivity contribution in [2.24, 2.45) is 0 Å². The van der Waals surface area contributed by atoms with Crippen LogP contribution in [0.25, 0.3) is 11.1 Å². The number of nitrogens with zero attached hydrogens (tertiary/aromatic N) is 6. The summed E-state index contributed by atoms with van der Waals surface area (Å²) in [7, 11) is 0. The Kier molecular flexibility index (Phi) is 7.32. The summed E-state index contributed by atoms with van der Waals surface area (Å²) in [6.07, 6.45) is 8.81. The average Bonchev–Trinajstić information content (AvgIpc) is 3.90. The Morgan fingerprint density at radius 2 is 1.68 bits per heavy atom. The topological polar surface area (TPSA) is 159 Å². The van der Waals surface area contributed by atoms with Crippen LogP contribution in [0, 0.1) is 11.3 Å². The highest BCUT2D eigenvalue weighted by molar-refractivity contribution is 6.35. The van der Waals surface area contributed by atoms with Crippen LogP contribution in [0.1, 0.15) is 59.9 Å². The van der Waals surface area contributed by atoms with Gasteiger partial charge in [0.05, 0.1) is 40.9 Å². The summed E-state index contributed by atoms with van der Waals surface area (Å²) >= 11 is 12.7. The number of benzene rings is 2. The van der Waals surface area contributed by atoms with Crippen molar-refractivity contribution in [1.29, 1.82) is 5.26 Å². The molecule has 0 bridgehead atoms. The van der Waals surface area contributed by atoms with Crippen molar-refractivity contribution in [1.82, 2.24) is 30.3 Å². The van der Waals surface area contributed by atoms with Crippen molar-refractivity contribution in [3.05, 3.63) is 112 Å². The Balaban J connectivity index is 1.08. The number of carbonyl (C=O) groups is 3. The number of hydrogen-bond donors (Lipinski definition) is 2. The van der Waals surface area contributed by atoms with E-state index in [0.717, 1.165) is 35.2 Å². The van der Waals surface area contributed by atoms with Gasteiger partial charge in [-0.3, -0.25) is 23.9 Å². The molecule has 0 radical (unpaired) electrons. The van der Waals surface area contributed by atoms with Crippen LogP contribution in [0.3, 0.4) is 0 Å². The monoisotopic (exact) mass is 706 g/mol. The molecule has 1 atom stereocenters. The van der Waals surface area contributed by atoms with Crippen LogP contribution in [0.5, 0.6) is 0 Å². The van der Waals surface area contributed by atoms with Gasteiger partial charge in [-0.1, -0.05) is 46.6 Å². The molecule has 0 saturated heterocycles. The third-order valence-corrected chi connectivity index (χ3v) is 10.2. The largest absolute Gasteiger partial charge is 0.364 e. The van der Waals surface area contributed by atoms with E-state index in [1.54, 1.807) is 66.3 Å². The highest BCUT2D eigenvalue weighted by Gasteiger charge is 2.57. The fourth-order valence-electron chi connectivity index (χ4n) is 6.64. The number of imidazole rings is 1. The number of rotatable bonds is 9. The standard InChI is InChI=1S/C36H28Cl2N8O4/c1-34(15-21-2-4-22(16-39)5-3-21)32(49)45(27-13-25(37)12-26(38)14-27)33-41-19-28(46(33)34)30(47)43-36(10-11-36)31(48)44-35(8-9-35)29-7-6-23(17-40-29)24-18-42-50-20-24/h2-7,12-14,17-20H,8-11,15H2,1H3,(H,43,47)(H,44,48)/t34-/m1/s1. The van der Waals surface area contributed by atoms with Crippen molar-refractivity contribution in [3.8, 4) is 17.2 Å². The molecule has 5 aromatic rings. The molecule has 3 amide bonds. The van der Waals surface area contributed by atoms with Gasteiger partial charge in [0.2, 0.25) is 11.9 Å². The summed E-state index contributed by atoms with van der Waals surface area (Å²) < 4.78 is 6.54. The number of aromatic nitrogens is 4. The van der Waals surface area contributed by atoms with Gasteiger partial charge in [-0.05, 0) is 74.6 Å². The zero-order valence-corrected chi connectivity index (χ0v) is 28.1. The molecule has 0 unspecified atom stereocenters. The summed E-state index contributed by atoms with van der Waals surface area (Å²) in [5.74, 6) is -0.973. The number of hydrogen-bond acceptors (Lipinski definition) is 8. The fourth-order valence-corrected chi connectivity index (χ4v) is 7.16. The van der Waals surface area contributed by atoms with E-state index in [0.29, 0.717) is 34.1 Å². The van der Waals surface area contributed by atoms with Gasteiger partial charge in [-0.25, -0.2) is 9.88 Å². The molecule has 2 aromatic carbocycles. The van der Waals surface area contributed by atoms with Crippen LogP contribution in [0.15, 0.2) is 84.0 Å². The lowest BCUT2D eigenvalue weighted by Crippen LogP contribution is -2.52. The van der Waals surface area contributed by atoms with Gasteiger partial charge >= 0.3 is 0 Å². The van der Waals surface area contributed by atoms with Crippen LogP contribution >= 0.6 is 23.2 Å². The summed E-state index contributed by atoms with van der Waals surface area (Å²) in [5.41, 5.74) is 1.10. The SMILES string of the molecule is C[C@@]1(Cc2ccc(C#N)cc2)C(=O)N(c2cc(Cl)cc(Cl)c2)c2ncc(C(=O)NC3(C(=O)NC4(c5ccc(-c6cnoc6)cn5)CC4)CC3)n21. The Bertz CT molecular complexity index is 2200. The molecule has 2 N–H and O–H groups in total. The maximum atomic E-state index is 14.4. The van der Waals surface area contributed by atoms with E-state index in [1.165, 1.54) is 17.4 Å². The molecule has 12 nitrogen and oxygen atoms in total. The van der Waals surface area contributed by atoms with Gasteiger partial charge in [0.1, 0.15) is 23.0 Å². The molecular formula is C36H28Cl2N8O4. The van der Waals surface area contributed by atoms with E-state index in [2.05, 4.69) is 31.8 Å². The van der Waals surface area contributed by atoms with E-state index in [4.69, 9.17) is 27.7 Å². The van der Waals surface area contributed by atoms with Crippen LogP contribution < -0.4 is 15.5 Å². The summed E-state index contributed by atoms with van der Waals surface area (Å²) in [6.45, 7) is 1.74. The van der Waals surface area contributed by atoms with E-state index < -0.39 is 22.5 Å². The highest BCUT2D eigenvalue weighted by Crippen LogP contribution is 2.48. The van der Waals surface area contributed by atoms with Crippen molar-refractivity contribution in [2.45, 2.75) is 55.6 Å². The van der Waals surface area contributed by atoms with Crippen LogP contribution in [0.4, 0.5) is 11.6 Å². The molecule has 8 rings (SSSR count). The van der Waals surface area contributed by atoms with Crippen molar-refractivity contribution in [2.75, 3.05) is 4.90 Å². The van der Waals surface area contributed by atoms with Crippen molar-refractivity contribution < 1.29 is 18.9 Å². The predicted molar refractivity (Wildman–Crippen MR) is 183 cm³/mol. The molecule has 1 aliphatic heterocycles. The molecular weight excluding hydrogens is 679 g/mol.